The molecule has 8 heterocycles. The standard InChI is InChI=1S/C36H36O22/c37-23-5-1-19(51-23)35(20-2-6-24(38)52-20)13-17(49-31(35)43)15-11-27(55-29(15)41)57-33(45)47-9-10-48-34(46)58-28-12-16(30(42)56-28)18-14-36(32(44)50-18,21-3-7-25(39)53-21)22-4-8-26(40)54-22/h9-10,15-22,27-28H,1-8,11-14H2. The molecule has 22 nitrogen and oxygen atoms in total. The van der Waals surface area contributed by atoms with E-state index in [4.69, 9.17) is 56.8 Å². The van der Waals surface area contributed by atoms with Gasteiger partial charge in [-0.25, -0.2) is 9.59 Å². The van der Waals surface area contributed by atoms with Crippen LogP contribution in [0.15, 0.2) is 12.5 Å². The Hall–Kier alpha value is -5.96. The lowest BCUT2D eigenvalue weighted by Crippen LogP contribution is -2.49. The number of hydrogen-bond donors (Lipinski definition) is 0. The highest BCUT2D eigenvalue weighted by Crippen LogP contribution is 2.53. The molecule has 22 heteroatoms. The number of carbonyl (C=O) groups excluding carboxylic acids is 10. The van der Waals surface area contributed by atoms with E-state index < -0.39 is 132 Å². The Bertz CT molecular complexity index is 1670. The van der Waals surface area contributed by atoms with E-state index in [-0.39, 0.29) is 77.0 Å². The summed E-state index contributed by atoms with van der Waals surface area (Å²) >= 11 is 0. The average molecular weight is 821 g/mol. The van der Waals surface area contributed by atoms with Crippen LogP contribution >= 0.6 is 0 Å². The molecule has 8 fully saturated rings. The second-order valence-corrected chi connectivity index (χ2v) is 15.1. The lowest BCUT2D eigenvalue weighted by Gasteiger charge is -2.34. The number of carbonyl (C=O) groups is 10. The molecule has 10 unspecified atom stereocenters. The van der Waals surface area contributed by atoms with Crippen molar-refractivity contribution in [2.45, 2.75) is 126 Å². The van der Waals surface area contributed by atoms with Crippen molar-refractivity contribution in [1.82, 2.24) is 0 Å². The second kappa shape index (κ2) is 15.1. The third-order valence-electron chi connectivity index (χ3n) is 11.9. The van der Waals surface area contributed by atoms with Crippen LogP contribution < -0.4 is 0 Å². The summed E-state index contributed by atoms with van der Waals surface area (Å²) < 4.78 is 62.5. The Balaban J connectivity index is 0.790. The largest absolute Gasteiger partial charge is 0.516 e. The molecule has 0 amide bonds. The van der Waals surface area contributed by atoms with Gasteiger partial charge < -0.3 is 56.8 Å². The molecule has 8 aliphatic rings. The van der Waals surface area contributed by atoms with Gasteiger partial charge >= 0.3 is 60.1 Å². The van der Waals surface area contributed by atoms with Gasteiger partial charge in [-0.2, -0.15) is 0 Å². The van der Waals surface area contributed by atoms with Crippen LogP contribution in [0.2, 0.25) is 0 Å². The highest BCUT2D eigenvalue weighted by atomic mass is 16.8. The molecular weight excluding hydrogens is 784 g/mol. The van der Waals surface area contributed by atoms with Crippen LogP contribution in [0.5, 0.6) is 0 Å². The predicted molar refractivity (Wildman–Crippen MR) is 171 cm³/mol. The minimum absolute atomic E-state index is 0.0543. The molecule has 0 spiro atoms. The zero-order valence-electron chi connectivity index (χ0n) is 30.4. The fourth-order valence-corrected chi connectivity index (χ4v) is 9.20. The minimum Gasteiger partial charge on any atom is -0.461 e. The van der Waals surface area contributed by atoms with Crippen LogP contribution in [0.3, 0.4) is 0 Å². The molecule has 58 heavy (non-hydrogen) atoms. The predicted octanol–water partition coefficient (Wildman–Crippen LogP) is 0.969. The first-order valence-corrected chi connectivity index (χ1v) is 18.8. The molecule has 10 atom stereocenters. The van der Waals surface area contributed by atoms with Gasteiger partial charge in [0.25, 0.3) is 12.6 Å². The fourth-order valence-electron chi connectivity index (χ4n) is 9.20. The van der Waals surface area contributed by atoms with Gasteiger partial charge in [-0.1, -0.05) is 0 Å². The lowest BCUT2D eigenvalue weighted by atomic mass is 9.71. The summed E-state index contributed by atoms with van der Waals surface area (Å²) in [5, 5.41) is 0. The van der Waals surface area contributed by atoms with Crippen LogP contribution in [-0.4, -0.2) is 109 Å². The smallest absolute Gasteiger partial charge is 0.461 e. The zero-order valence-corrected chi connectivity index (χ0v) is 30.4. The van der Waals surface area contributed by atoms with Crippen molar-refractivity contribution in [3.8, 4) is 0 Å². The maximum atomic E-state index is 13.3. The SMILES string of the molecule is O=C1CCC(C2(C3CCC(=O)O3)CC(C3CC(OC(=O)OC=COC(=O)OC4CC(C5CC(C6CCC(=O)O6)(C6CCC(=O)O6)C(=O)O5)C(=O)O4)OC3=O)OC2=O)O1. The number of rotatable bonds is 10. The van der Waals surface area contributed by atoms with E-state index in [1.165, 1.54) is 0 Å². The average Bonchev–Trinajstić information content (AvgIpc) is 4.02. The Morgan fingerprint density at radius 2 is 0.810 bits per heavy atom. The van der Waals surface area contributed by atoms with Gasteiger partial charge in [-0.15, -0.1) is 0 Å². The first kappa shape index (κ1) is 38.9. The maximum absolute atomic E-state index is 13.3. The number of cyclic esters (lactones) is 8. The molecule has 0 aromatic heterocycles. The fraction of sp³-hybridized carbons (Fsp3) is 0.667. The summed E-state index contributed by atoms with van der Waals surface area (Å²) in [6, 6.07) is 0. The Labute approximate surface area is 326 Å². The Morgan fingerprint density at radius 3 is 1.10 bits per heavy atom. The molecule has 0 bridgehead atoms. The van der Waals surface area contributed by atoms with E-state index >= 15 is 0 Å². The molecular formula is C36H36O22. The summed E-state index contributed by atoms with van der Waals surface area (Å²) in [5.41, 5.74) is -3.04. The van der Waals surface area contributed by atoms with Gasteiger partial charge in [0.05, 0.1) is 0 Å². The summed E-state index contributed by atoms with van der Waals surface area (Å²) in [6.07, 6.45) is -10.1. The molecule has 8 saturated heterocycles. The summed E-state index contributed by atoms with van der Waals surface area (Å²) in [4.78, 5) is 125. The van der Waals surface area contributed by atoms with Crippen molar-refractivity contribution in [1.29, 1.82) is 0 Å². The van der Waals surface area contributed by atoms with Gasteiger partial charge in [0.1, 0.15) is 71.8 Å². The quantitative estimate of drug-likeness (QED) is 0.169. The van der Waals surface area contributed by atoms with Crippen molar-refractivity contribution in [3.05, 3.63) is 12.5 Å². The molecule has 8 aliphatic heterocycles. The first-order chi connectivity index (χ1) is 27.7. The molecule has 8 rings (SSSR count). The van der Waals surface area contributed by atoms with Crippen LogP contribution in [0, 0.1) is 22.7 Å². The number of ether oxygens (including phenoxy) is 12. The number of esters is 8. The summed E-state index contributed by atoms with van der Waals surface area (Å²) in [5.74, 6) is -7.52. The van der Waals surface area contributed by atoms with Gasteiger partial charge in [0.15, 0.2) is 0 Å². The van der Waals surface area contributed by atoms with Gasteiger partial charge in [-0.3, -0.25) is 38.4 Å². The molecule has 0 N–H and O–H groups in total. The van der Waals surface area contributed by atoms with E-state index in [2.05, 4.69) is 0 Å². The van der Waals surface area contributed by atoms with Gasteiger partial charge in [0, 0.05) is 51.4 Å². The monoisotopic (exact) mass is 820 g/mol. The van der Waals surface area contributed by atoms with Crippen LogP contribution in [0.4, 0.5) is 9.59 Å². The number of hydrogen-bond acceptors (Lipinski definition) is 22. The van der Waals surface area contributed by atoms with E-state index in [1.54, 1.807) is 0 Å². The molecule has 312 valence electrons. The van der Waals surface area contributed by atoms with E-state index in [0.29, 0.717) is 12.5 Å². The van der Waals surface area contributed by atoms with Crippen molar-refractivity contribution in [3.63, 3.8) is 0 Å². The summed E-state index contributed by atoms with van der Waals surface area (Å²) in [6.45, 7) is 0. The van der Waals surface area contributed by atoms with Gasteiger partial charge in [0.2, 0.25) is 0 Å². The van der Waals surface area contributed by atoms with Crippen molar-refractivity contribution in [2.24, 2.45) is 22.7 Å². The minimum atomic E-state index is -1.52. The van der Waals surface area contributed by atoms with E-state index in [0.717, 1.165) is 0 Å². The Morgan fingerprint density at radius 1 is 0.483 bits per heavy atom. The maximum Gasteiger partial charge on any atom is 0.516 e. The normalized spacial score (nSPS) is 39.4. The third kappa shape index (κ3) is 7.01. The second-order valence-electron chi connectivity index (χ2n) is 15.1. The van der Waals surface area contributed by atoms with Crippen molar-refractivity contribution < 1.29 is 105 Å². The topological polar surface area (TPSA) is 281 Å². The molecule has 0 aliphatic carbocycles. The van der Waals surface area contributed by atoms with E-state index in [9.17, 15) is 47.9 Å². The third-order valence-corrected chi connectivity index (χ3v) is 11.9. The Kier molecular flexibility index (Phi) is 10.1. The molecule has 0 radical (unpaired) electrons. The first-order valence-electron chi connectivity index (χ1n) is 18.8. The highest BCUT2D eigenvalue weighted by molar-refractivity contribution is 5.87. The van der Waals surface area contributed by atoms with Crippen molar-refractivity contribution in [2.75, 3.05) is 0 Å². The zero-order chi connectivity index (χ0) is 40.9. The van der Waals surface area contributed by atoms with E-state index in [1.807, 2.05) is 0 Å². The van der Waals surface area contributed by atoms with Crippen molar-refractivity contribution >= 4 is 60.1 Å². The summed E-state index contributed by atoms with van der Waals surface area (Å²) in [7, 11) is 0. The molecule has 0 aromatic rings. The van der Waals surface area contributed by atoms with Crippen LogP contribution in [0.25, 0.3) is 0 Å². The molecule has 0 saturated carbocycles. The van der Waals surface area contributed by atoms with Gasteiger partial charge in [-0.05, 0) is 25.7 Å². The highest BCUT2D eigenvalue weighted by Gasteiger charge is 2.67. The van der Waals surface area contributed by atoms with Crippen LogP contribution in [-0.2, 0) is 95.2 Å². The van der Waals surface area contributed by atoms with Crippen LogP contribution in [0.1, 0.15) is 77.0 Å². The lowest BCUT2D eigenvalue weighted by molar-refractivity contribution is -0.174. The molecule has 0 aromatic carbocycles.